The Kier molecular flexibility index (Phi) is 8.40. The molecule has 1 aliphatic carbocycles. The molecular weight excluding hydrogens is 578 g/mol. The molecule has 202 valence electrons. The third kappa shape index (κ3) is 5.43. The van der Waals surface area contributed by atoms with E-state index in [4.69, 9.17) is 11.6 Å². The van der Waals surface area contributed by atoms with Gasteiger partial charge in [-0.3, -0.25) is 4.79 Å². The van der Waals surface area contributed by atoms with Gasteiger partial charge < -0.3 is 24.5 Å². The van der Waals surface area contributed by atoms with Crippen LogP contribution in [0.1, 0.15) is 41.2 Å². The van der Waals surface area contributed by atoms with Crippen LogP contribution in [0.4, 0.5) is 22.0 Å². The predicted octanol–water partition coefficient (Wildman–Crippen LogP) is 1.49. The first-order valence-corrected chi connectivity index (χ1v) is 12.8. The van der Waals surface area contributed by atoms with Gasteiger partial charge in [0.1, 0.15) is 12.4 Å². The summed E-state index contributed by atoms with van der Waals surface area (Å²) in [5, 5.41) is 21.3. The van der Waals surface area contributed by atoms with Gasteiger partial charge in [0.25, 0.3) is 0 Å². The normalized spacial score (nSPS) is 19.4. The minimum Gasteiger partial charge on any atom is -0.545 e. The Bertz CT molecular complexity index is 1480. The summed E-state index contributed by atoms with van der Waals surface area (Å²) in [5.41, 5.74) is -3.28. The first-order chi connectivity index (χ1) is 17.8. The first-order valence-electron chi connectivity index (χ1n) is 11.6. The van der Waals surface area contributed by atoms with Gasteiger partial charge in [-0.25, -0.2) is 8.78 Å². The quantitative estimate of drug-likeness (QED) is 0.344. The number of benzene rings is 2. The Morgan fingerprint density at radius 3 is 2.44 bits per heavy atom. The maximum absolute atomic E-state index is 15.4. The summed E-state index contributed by atoms with van der Waals surface area (Å²) in [6, 6.07) is 6.53. The van der Waals surface area contributed by atoms with E-state index in [1.807, 2.05) is 0 Å². The molecule has 1 unspecified atom stereocenters. The van der Waals surface area contributed by atoms with Crippen LogP contribution in [0.25, 0.3) is 10.9 Å². The number of amides is 1. The Morgan fingerprint density at radius 2 is 1.85 bits per heavy atom. The number of carboxylic acid groups (broad SMARTS) is 1. The number of hydrogen-bond donors (Lipinski definition) is 1. The Hall–Kier alpha value is -1.83. The zero-order chi connectivity index (χ0) is 27.6. The number of aromatic nitrogens is 1. The maximum atomic E-state index is 15.4. The van der Waals surface area contributed by atoms with E-state index in [2.05, 4.69) is 0 Å². The molecule has 2 aliphatic rings. The third-order valence-electron chi connectivity index (χ3n) is 6.89. The topological polar surface area (TPSA) is 85.6 Å². The monoisotopic (exact) mass is 596 g/mol. The van der Waals surface area contributed by atoms with Crippen LogP contribution in [0.15, 0.2) is 40.1 Å². The van der Waals surface area contributed by atoms with Gasteiger partial charge in [0.2, 0.25) is 5.91 Å². The second-order valence-electron chi connectivity index (χ2n) is 9.43. The molecule has 1 saturated carbocycles. The fourth-order valence-corrected chi connectivity index (χ4v) is 6.11. The van der Waals surface area contributed by atoms with Gasteiger partial charge in [-0.05, 0) is 31.0 Å². The van der Waals surface area contributed by atoms with Crippen molar-refractivity contribution in [2.45, 2.75) is 53.3 Å². The molecule has 2 fully saturated rings. The maximum Gasteiger partial charge on any atom is 1.00 e. The number of β-amino-alcohol motifs (C(OH)–C–C–N with tert-alkyl or cyclic N) is 1. The minimum atomic E-state index is -4.92. The van der Waals surface area contributed by atoms with Crippen LogP contribution in [-0.4, -0.2) is 51.3 Å². The molecule has 5 rings (SSSR count). The zero-order valence-electron chi connectivity index (χ0n) is 20.4. The number of hydrogen-bond acceptors (Lipinski definition) is 5. The van der Waals surface area contributed by atoms with Crippen LogP contribution < -0.4 is 34.7 Å². The van der Waals surface area contributed by atoms with E-state index in [1.54, 1.807) is 0 Å². The molecule has 39 heavy (non-hydrogen) atoms. The molecule has 1 amide bonds. The third-order valence-corrected chi connectivity index (χ3v) is 8.35. The summed E-state index contributed by atoms with van der Waals surface area (Å²) in [4.78, 5) is 25.6. The fraction of sp³-hybridized carbons (Fsp3) is 0.360. The Balaban J connectivity index is 0.00000353. The average molecular weight is 597 g/mol. The van der Waals surface area contributed by atoms with Crippen molar-refractivity contribution in [2.75, 3.05) is 13.1 Å². The van der Waals surface area contributed by atoms with E-state index in [-0.39, 0.29) is 62.8 Å². The van der Waals surface area contributed by atoms with E-state index in [0.717, 1.165) is 22.7 Å². The number of aromatic carboxylic acids is 1. The predicted molar refractivity (Wildman–Crippen MR) is 126 cm³/mol. The number of rotatable bonds is 6. The van der Waals surface area contributed by atoms with Crippen molar-refractivity contribution in [3.8, 4) is 0 Å². The molecule has 2 aromatic carbocycles. The van der Waals surface area contributed by atoms with Gasteiger partial charge in [0.05, 0.1) is 23.1 Å². The molecule has 1 aromatic heterocycles. The number of carbonyl (C=O) groups is 2. The van der Waals surface area contributed by atoms with Gasteiger partial charge in [-0.2, -0.15) is 13.2 Å². The van der Waals surface area contributed by atoms with Crippen molar-refractivity contribution in [1.82, 2.24) is 9.47 Å². The summed E-state index contributed by atoms with van der Waals surface area (Å²) in [6.07, 6.45) is -4.26. The van der Waals surface area contributed by atoms with Crippen LogP contribution in [0, 0.1) is 11.6 Å². The zero-order valence-corrected chi connectivity index (χ0v) is 24.0. The SMILES string of the molecule is O=C([O-])c1cccc(Sc2c(C3CC3)n(CC(=O)N3CCC(O)(C(F)(F)F)C3)c3c(F)c(Cl)ccc23)c1F.[Na+]. The molecule has 1 saturated heterocycles. The summed E-state index contributed by atoms with van der Waals surface area (Å²) in [7, 11) is 0. The number of nitrogens with zero attached hydrogens (tertiary/aromatic N) is 2. The summed E-state index contributed by atoms with van der Waals surface area (Å²) < 4.78 is 71.6. The molecule has 6 nitrogen and oxygen atoms in total. The number of likely N-dealkylation sites (tertiary alicyclic amines) is 1. The number of aliphatic hydroxyl groups is 1. The van der Waals surface area contributed by atoms with Crippen LogP contribution in [0.5, 0.6) is 0 Å². The molecule has 14 heteroatoms. The molecule has 1 N–H and O–H groups in total. The second-order valence-corrected chi connectivity index (χ2v) is 10.9. The number of carbonyl (C=O) groups excluding carboxylic acids is 2. The molecule has 0 bridgehead atoms. The molecule has 0 radical (unpaired) electrons. The molecule has 3 aromatic rings. The van der Waals surface area contributed by atoms with E-state index in [9.17, 15) is 37.4 Å². The molecule has 0 spiro atoms. The molecular formula is C25H19ClF5N2NaO4S. The van der Waals surface area contributed by atoms with Crippen molar-refractivity contribution in [2.24, 2.45) is 0 Å². The fourth-order valence-electron chi connectivity index (χ4n) is 4.73. The van der Waals surface area contributed by atoms with Crippen molar-refractivity contribution in [3.05, 3.63) is 58.2 Å². The number of carboxylic acids is 1. The average Bonchev–Trinajstić information content (AvgIpc) is 3.51. The molecule has 2 heterocycles. The standard InChI is InChI=1S/C25H20ClF5N2O4S.Na/c26-15-7-6-14-21(19(15)28)33(10-17(34)32-9-8-24(37,11-32)25(29,30)31)20(12-4-5-12)22(14)38-16-3-1-2-13(18(16)27)23(35)36;/h1-3,6-7,12,37H,4-5,8-11H2,(H,35,36);/q;+1/p-1. The van der Waals surface area contributed by atoms with E-state index in [0.29, 0.717) is 23.4 Å². The van der Waals surface area contributed by atoms with E-state index in [1.165, 1.54) is 28.8 Å². The van der Waals surface area contributed by atoms with E-state index >= 15 is 4.39 Å². The van der Waals surface area contributed by atoms with Crippen molar-refractivity contribution in [1.29, 1.82) is 0 Å². The van der Waals surface area contributed by atoms with Gasteiger partial charge in [-0.15, -0.1) is 0 Å². The van der Waals surface area contributed by atoms with Gasteiger partial charge >= 0.3 is 35.7 Å². The van der Waals surface area contributed by atoms with Crippen molar-refractivity contribution >= 4 is 46.1 Å². The minimum absolute atomic E-state index is 0. The van der Waals surface area contributed by atoms with Crippen LogP contribution >= 0.6 is 23.4 Å². The number of alkyl halides is 3. The summed E-state index contributed by atoms with van der Waals surface area (Å²) in [5.74, 6) is -4.50. The molecule has 1 atom stereocenters. The van der Waals surface area contributed by atoms with Crippen LogP contribution in [0.3, 0.4) is 0 Å². The van der Waals surface area contributed by atoms with E-state index < -0.39 is 60.4 Å². The number of fused-ring (bicyclic) bond motifs is 1. The molecule has 1 aliphatic heterocycles. The second kappa shape index (κ2) is 10.9. The first kappa shape index (κ1) is 30.1. The Morgan fingerprint density at radius 1 is 1.15 bits per heavy atom. The van der Waals surface area contributed by atoms with Gasteiger partial charge in [0.15, 0.2) is 11.4 Å². The van der Waals surface area contributed by atoms with Gasteiger partial charge in [0, 0.05) is 45.3 Å². The van der Waals surface area contributed by atoms with Crippen molar-refractivity contribution in [3.63, 3.8) is 0 Å². The van der Waals surface area contributed by atoms with Crippen LogP contribution in [0.2, 0.25) is 5.02 Å². The van der Waals surface area contributed by atoms with Crippen LogP contribution in [-0.2, 0) is 11.3 Å². The summed E-state index contributed by atoms with van der Waals surface area (Å²) >= 11 is 6.89. The van der Waals surface area contributed by atoms with Gasteiger partial charge in [-0.1, -0.05) is 35.5 Å². The largest absolute Gasteiger partial charge is 1.00 e. The smallest absolute Gasteiger partial charge is 0.545 e. The number of halogens is 6. The Labute approximate surface area is 250 Å². The van der Waals surface area contributed by atoms with Crippen molar-refractivity contribution < 1.29 is 71.3 Å². The summed E-state index contributed by atoms with van der Waals surface area (Å²) in [6.45, 7) is -1.81.